The van der Waals surface area contributed by atoms with Crippen molar-refractivity contribution in [2.24, 2.45) is 0 Å². The number of hydrogen-bond donors (Lipinski definition) is 1. The lowest BCUT2D eigenvalue weighted by Gasteiger charge is -2.33. The highest BCUT2D eigenvalue weighted by Crippen LogP contribution is 2.37. The Bertz CT molecular complexity index is 1240. The van der Waals surface area contributed by atoms with Gasteiger partial charge in [0.1, 0.15) is 12.7 Å². The van der Waals surface area contributed by atoms with E-state index < -0.39 is 16.1 Å². The van der Waals surface area contributed by atoms with Gasteiger partial charge >= 0.3 is 0 Å². The molecule has 0 aliphatic carbocycles. The number of aromatic nitrogens is 1. The maximum absolute atomic E-state index is 13.4. The van der Waals surface area contributed by atoms with Gasteiger partial charge in [-0.2, -0.15) is 4.98 Å². The Morgan fingerprint density at radius 2 is 1.81 bits per heavy atom. The van der Waals surface area contributed by atoms with Crippen molar-refractivity contribution in [2.45, 2.75) is 17.6 Å². The monoisotopic (exact) mass is 514 g/mol. The summed E-state index contributed by atoms with van der Waals surface area (Å²) in [6, 6.07) is 14.1. The van der Waals surface area contributed by atoms with Gasteiger partial charge < -0.3 is 14.6 Å². The van der Waals surface area contributed by atoms with Crippen molar-refractivity contribution in [3.05, 3.63) is 75.2 Å². The molecule has 2 heterocycles. The number of nitrogens with zero attached hydrogens (tertiary/aromatic N) is 2. The summed E-state index contributed by atoms with van der Waals surface area (Å²) in [5.74, 6) is 0.388. The molecule has 2 aromatic carbocycles. The Labute approximate surface area is 200 Å². The van der Waals surface area contributed by atoms with Gasteiger partial charge in [-0.25, -0.2) is 12.7 Å². The number of aliphatic hydroxyl groups excluding tert-OH is 1. The number of fused-ring (bicyclic) bond motifs is 1. The van der Waals surface area contributed by atoms with E-state index >= 15 is 0 Å². The number of benzene rings is 2. The molecule has 0 unspecified atom stereocenters. The number of halogens is 3. The lowest BCUT2D eigenvalue weighted by Crippen LogP contribution is -2.45. The molecular formula is C21H17Cl3N2O5S. The molecule has 1 aliphatic rings. The van der Waals surface area contributed by atoms with Crippen LogP contribution >= 0.6 is 34.8 Å². The zero-order chi connectivity index (χ0) is 22.9. The molecule has 11 heteroatoms. The van der Waals surface area contributed by atoms with E-state index in [0.29, 0.717) is 15.6 Å². The lowest BCUT2D eigenvalue weighted by molar-refractivity contribution is 0.115. The van der Waals surface area contributed by atoms with Crippen LogP contribution in [-0.2, 0) is 16.6 Å². The fraction of sp³-hybridized carbons (Fsp3) is 0.190. The summed E-state index contributed by atoms with van der Waals surface area (Å²) in [5, 5.41) is 10.8. The van der Waals surface area contributed by atoms with Gasteiger partial charge in [-0.1, -0.05) is 46.9 Å². The van der Waals surface area contributed by atoms with E-state index in [0.717, 1.165) is 4.31 Å². The minimum atomic E-state index is -4.04. The standard InChI is InChI=1S/C21H17Cl3N2O5S/c22-13-3-1-4-15(9-13)32(28,29)26-10-14(11-27)31-19-7-8-20(25-21(19)26)30-12-16-17(23)5-2-6-18(16)24/h1-9,14,27H,10-12H2/t14-/m1/s1. The van der Waals surface area contributed by atoms with Crippen LogP contribution in [0.2, 0.25) is 15.1 Å². The van der Waals surface area contributed by atoms with E-state index in [2.05, 4.69) is 4.98 Å². The molecule has 32 heavy (non-hydrogen) atoms. The van der Waals surface area contributed by atoms with Gasteiger partial charge in [0.25, 0.3) is 10.0 Å². The summed E-state index contributed by atoms with van der Waals surface area (Å²) >= 11 is 18.4. The van der Waals surface area contributed by atoms with Crippen molar-refractivity contribution >= 4 is 50.6 Å². The maximum Gasteiger partial charge on any atom is 0.265 e. The molecule has 4 rings (SSSR count). The molecular weight excluding hydrogens is 499 g/mol. The summed E-state index contributed by atoms with van der Waals surface area (Å²) < 4.78 is 39.2. The SMILES string of the molecule is O=S(=O)(c1cccc(Cl)c1)N1C[C@H](CO)Oc2ccc(OCc3c(Cl)cccc3Cl)nc21. The molecule has 0 bridgehead atoms. The lowest BCUT2D eigenvalue weighted by atomic mass is 10.2. The normalized spacial score (nSPS) is 15.8. The quantitative estimate of drug-likeness (QED) is 0.517. The highest BCUT2D eigenvalue weighted by atomic mass is 35.5. The molecule has 7 nitrogen and oxygen atoms in total. The Kier molecular flexibility index (Phi) is 6.69. The minimum Gasteiger partial charge on any atom is -0.482 e. The van der Waals surface area contributed by atoms with E-state index in [4.69, 9.17) is 44.3 Å². The smallest absolute Gasteiger partial charge is 0.265 e. The third-order valence-corrected chi connectivity index (χ3v) is 7.42. The van der Waals surface area contributed by atoms with Gasteiger partial charge in [-0.15, -0.1) is 0 Å². The predicted molar refractivity (Wildman–Crippen MR) is 123 cm³/mol. The van der Waals surface area contributed by atoms with Crippen LogP contribution in [0.5, 0.6) is 11.6 Å². The predicted octanol–water partition coefficient (Wildman–Crippen LogP) is 4.57. The molecule has 1 N–H and O–H groups in total. The second-order valence-electron chi connectivity index (χ2n) is 6.88. The maximum atomic E-state index is 13.4. The summed E-state index contributed by atoms with van der Waals surface area (Å²) in [7, 11) is -4.04. The molecule has 168 valence electrons. The average Bonchev–Trinajstić information content (AvgIpc) is 2.78. The summed E-state index contributed by atoms with van der Waals surface area (Å²) in [6.07, 6.45) is -0.757. The van der Waals surface area contributed by atoms with Gasteiger partial charge in [0.2, 0.25) is 5.88 Å². The van der Waals surface area contributed by atoms with Crippen LogP contribution in [0.15, 0.2) is 59.5 Å². The fourth-order valence-electron chi connectivity index (χ4n) is 3.14. The van der Waals surface area contributed by atoms with E-state index in [-0.39, 0.29) is 47.1 Å². The van der Waals surface area contributed by atoms with Crippen molar-refractivity contribution in [3.63, 3.8) is 0 Å². The number of hydrogen-bond acceptors (Lipinski definition) is 6. The van der Waals surface area contributed by atoms with Crippen LogP contribution in [0.4, 0.5) is 5.82 Å². The zero-order valence-electron chi connectivity index (χ0n) is 16.4. The van der Waals surface area contributed by atoms with Crippen molar-refractivity contribution in [2.75, 3.05) is 17.5 Å². The molecule has 0 amide bonds. The number of rotatable bonds is 6. The largest absolute Gasteiger partial charge is 0.482 e. The first-order chi connectivity index (χ1) is 15.3. The minimum absolute atomic E-state index is 0.00879. The third kappa shape index (κ3) is 4.60. The van der Waals surface area contributed by atoms with Crippen LogP contribution in [0, 0.1) is 0 Å². The van der Waals surface area contributed by atoms with Crippen LogP contribution in [0.1, 0.15) is 5.56 Å². The van der Waals surface area contributed by atoms with Crippen molar-refractivity contribution in [3.8, 4) is 11.6 Å². The van der Waals surface area contributed by atoms with E-state index in [1.807, 2.05) is 0 Å². The second kappa shape index (κ2) is 9.33. The van der Waals surface area contributed by atoms with Crippen molar-refractivity contribution < 1.29 is 23.0 Å². The highest BCUT2D eigenvalue weighted by Gasteiger charge is 2.36. The van der Waals surface area contributed by atoms with Crippen molar-refractivity contribution in [1.82, 2.24) is 4.98 Å². The molecule has 1 aromatic heterocycles. The molecule has 0 fully saturated rings. The molecule has 0 spiro atoms. The van der Waals surface area contributed by atoms with Crippen LogP contribution in [-0.4, -0.2) is 37.8 Å². The Morgan fingerprint density at radius 1 is 1.09 bits per heavy atom. The van der Waals surface area contributed by atoms with E-state index in [1.54, 1.807) is 30.3 Å². The summed E-state index contributed by atoms with van der Waals surface area (Å²) in [4.78, 5) is 4.34. The Morgan fingerprint density at radius 3 is 2.50 bits per heavy atom. The van der Waals surface area contributed by atoms with Gasteiger partial charge in [0.05, 0.1) is 18.0 Å². The molecule has 0 saturated heterocycles. The van der Waals surface area contributed by atoms with Crippen molar-refractivity contribution in [1.29, 1.82) is 0 Å². The van der Waals surface area contributed by atoms with Crippen LogP contribution in [0.25, 0.3) is 0 Å². The van der Waals surface area contributed by atoms with Gasteiger partial charge in [0.15, 0.2) is 11.6 Å². The first kappa shape index (κ1) is 22.9. The first-order valence-corrected chi connectivity index (χ1v) is 12.0. The number of aliphatic hydroxyl groups is 1. The molecule has 0 saturated carbocycles. The highest BCUT2D eigenvalue weighted by molar-refractivity contribution is 7.92. The van der Waals surface area contributed by atoms with E-state index in [9.17, 15) is 13.5 Å². The van der Waals surface area contributed by atoms with Crippen LogP contribution < -0.4 is 13.8 Å². The first-order valence-electron chi connectivity index (χ1n) is 9.42. The molecule has 1 atom stereocenters. The van der Waals surface area contributed by atoms with E-state index in [1.165, 1.54) is 24.3 Å². The van der Waals surface area contributed by atoms with Gasteiger partial charge in [-0.05, 0) is 36.4 Å². The third-order valence-electron chi connectivity index (χ3n) is 4.73. The topological polar surface area (TPSA) is 89.0 Å². The Hall–Kier alpha value is -2.23. The number of anilines is 1. The number of sulfonamides is 1. The second-order valence-corrected chi connectivity index (χ2v) is 9.99. The molecule has 3 aromatic rings. The summed E-state index contributed by atoms with van der Waals surface area (Å²) in [5.41, 5.74) is 0.579. The van der Waals surface area contributed by atoms with Crippen LogP contribution in [0.3, 0.4) is 0 Å². The number of pyridine rings is 1. The average molecular weight is 516 g/mol. The fourth-order valence-corrected chi connectivity index (χ4v) is 5.40. The molecule has 1 aliphatic heterocycles. The molecule has 0 radical (unpaired) electrons. The van der Waals surface area contributed by atoms with Gasteiger partial charge in [-0.3, -0.25) is 0 Å². The zero-order valence-corrected chi connectivity index (χ0v) is 19.5. The summed E-state index contributed by atoms with van der Waals surface area (Å²) in [6.45, 7) is -0.471. The van der Waals surface area contributed by atoms with Gasteiger partial charge in [0, 0.05) is 26.7 Å². The number of ether oxygens (including phenoxy) is 2. The Balaban J connectivity index is 1.69.